The molecule has 1 aromatic carbocycles. The number of hydrogen-bond donors (Lipinski definition) is 1. The summed E-state index contributed by atoms with van der Waals surface area (Å²) in [6, 6.07) is 9.64. The Hall–Kier alpha value is -2.76. The van der Waals surface area contributed by atoms with Gasteiger partial charge in [0.05, 0.1) is 6.04 Å². The first kappa shape index (κ1) is 16.7. The summed E-state index contributed by atoms with van der Waals surface area (Å²) in [7, 11) is 0. The number of likely N-dealkylation sites (tertiary alicyclic amines) is 1. The second-order valence-corrected chi connectivity index (χ2v) is 6.80. The van der Waals surface area contributed by atoms with Crippen LogP contribution in [-0.2, 0) is 0 Å². The number of fused-ring (bicyclic) bond motifs is 1. The molecule has 2 amide bonds. The zero-order valence-electron chi connectivity index (χ0n) is 14.9. The Morgan fingerprint density at radius 2 is 2.08 bits per heavy atom. The number of nitrogens with zero attached hydrogens (tertiary/aromatic N) is 2. The topological polar surface area (TPSA) is 63.7 Å². The summed E-state index contributed by atoms with van der Waals surface area (Å²) in [5.74, 6) is 1.74. The SMILES string of the molecule is Cc1cnccc1OC1CCN(C(=O)NC2COc3ccccc32)CC1. The van der Waals surface area contributed by atoms with Gasteiger partial charge in [0, 0.05) is 49.5 Å². The van der Waals surface area contributed by atoms with Crippen LogP contribution in [0.25, 0.3) is 0 Å². The highest BCUT2D eigenvalue weighted by Gasteiger charge is 2.29. The summed E-state index contributed by atoms with van der Waals surface area (Å²) in [4.78, 5) is 18.5. The number of rotatable bonds is 3. The van der Waals surface area contributed by atoms with Crippen LogP contribution in [0.4, 0.5) is 4.79 Å². The van der Waals surface area contributed by atoms with Gasteiger partial charge in [-0.15, -0.1) is 0 Å². The lowest BCUT2D eigenvalue weighted by Gasteiger charge is -2.33. The summed E-state index contributed by atoms with van der Waals surface area (Å²) in [5, 5.41) is 3.09. The molecule has 3 heterocycles. The van der Waals surface area contributed by atoms with Crippen molar-refractivity contribution in [3.8, 4) is 11.5 Å². The number of piperidine rings is 1. The van der Waals surface area contributed by atoms with Gasteiger partial charge < -0.3 is 19.7 Å². The van der Waals surface area contributed by atoms with Gasteiger partial charge in [-0.25, -0.2) is 4.79 Å². The lowest BCUT2D eigenvalue weighted by Crippen LogP contribution is -2.47. The molecule has 1 fully saturated rings. The average molecular weight is 353 g/mol. The van der Waals surface area contributed by atoms with Crippen LogP contribution < -0.4 is 14.8 Å². The number of aromatic nitrogens is 1. The van der Waals surface area contributed by atoms with E-state index in [4.69, 9.17) is 9.47 Å². The maximum absolute atomic E-state index is 12.6. The highest BCUT2D eigenvalue weighted by atomic mass is 16.5. The maximum atomic E-state index is 12.6. The quantitative estimate of drug-likeness (QED) is 0.921. The van der Waals surface area contributed by atoms with Crippen LogP contribution in [0.15, 0.2) is 42.7 Å². The molecule has 0 spiro atoms. The van der Waals surface area contributed by atoms with Crippen molar-refractivity contribution >= 4 is 6.03 Å². The second-order valence-electron chi connectivity index (χ2n) is 6.80. The molecular formula is C20H23N3O3. The zero-order valence-corrected chi connectivity index (χ0v) is 14.9. The second kappa shape index (κ2) is 7.23. The first-order valence-corrected chi connectivity index (χ1v) is 9.05. The van der Waals surface area contributed by atoms with Crippen molar-refractivity contribution in [1.82, 2.24) is 15.2 Å². The Balaban J connectivity index is 1.30. The van der Waals surface area contributed by atoms with Crippen LogP contribution in [0.2, 0.25) is 0 Å². The van der Waals surface area contributed by atoms with Gasteiger partial charge >= 0.3 is 6.03 Å². The Morgan fingerprint density at radius 3 is 2.88 bits per heavy atom. The van der Waals surface area contributed by atoms with E-state index >= 15 is 0 Å². The third-order valence-electron chi connectivity index (χ3n) is 4.99. The number of carbonyl (C=O) groups excluding carboxylic acids is 1. The summed E-state index contributed by atoms with van der Waals surface area (Å²) in [6.07, 6.45) is 5.34. The van der Waals surface area contributed by atoms with Crippen LogP contribution in [0.1, 0.15) is 30.0 Å². The van der Waals surface area contributed by atoms with E-state index in [0.29, 0.717) is 19.7 Å². The fourth-order valence-electron chi connectivity index (χ4n) is 3.47. The molecule has 1 N–H and O–H groups in total. The number of ether oxygens (including phenoxy) is 2. The van der Waals surface area contributed by atoms with Gasteiger partial charge in [0.1, 0.15) is 24.2 Å². The minimum Gasteiger partial charge on any atom is -0.491 e. The van der Waals surface area contributed by atoms with Crippen LogP contribution in [-0.4, -0.2) is 41.7 Å². The molecule has 26 heavy (non-hydrogen) atoms. The van der Waals surface area contributed by atoms with Gasteiger partial charge in [0.25, 0.3) is 0 Å². The molecule has 0 bridgehead atoms. The Labute approximate surface area is 153 Å². The molecule has 1 saturated heterocycles. The van der Waals surface area contributed by atoms with Crippen molar-refractivity contribution in [1.29, 1.82) is 0 Å². The number of pyridine rings is 1. The van der Waals surface area contributed by atoms with Crippen molar-refractivity contribution < 1.29 is 14.3 Å². The molecule has 0 saturated carbocycles. The van der Waals surface area contributed by atoms with E-state index < -0.39 is 0 Å². The monoisotopic (exact) mass is 353 g/mol. The molecule has 6 heteroatoms. The Bertz CT molecular complexity index is 787. The number of amides is 2. The van der Waals surface area contributed by atoms with E-state index in [2.05, 4.69) is 10.3 Å². The van der Waals surface area contributed by atoms with Gasteiger partial charge in [0.2, 0.25) is 0 Å². The van der Waals surface area contributed by atoms with Crippen molar-refractivity contribution in [2.24, 2.45) is 0 Å². The lowest BCUT2D eigenvalue weighted by atomic mass is 10.1. The number of nitrogens with one attached hydrogen (secondary N) is 1. The fourth-order valence-corrected chi connectivity index (χ4v) is 3.47. The highest BCUT2D eigenvalue weighted by molar-refractivity contribution is 5.75. The minimum atomic E-state index is -0.0767. The summed E-state index contributed by atoms with van der Waals surface area (Å²) >= 11 is 0. The van der Waals surface area contributed by atoms with E-state index in [1.807, 2.05) is 42.2 Å². The number of para-hydroxylation sites is 1. The highest BCUT2D eigenvalue weighted by Crippen LogP contribution is 2.32. The largest absolute Gasteiger partial charge is 0.491 e. The number of carbonyl (C=O) groups is 1. The maximum Gasteiger partial charge on any atom is 0.318 e. The van der Waals surface area contributed by atoms with Crippen LogP contribution in [0, 0.1) is 6.92 Å². The predicted octanol–water partition coefficient (Wildman–Crippen LogP) is 3.08. The number of urea groups is 1. The van der Waals surface area contributed by atoms with Crippen molar-refractivity contribution in [2.45, 2.75) is 31.9 Å². The fraction of sp³-hybridized carbons (Fsp3) is 0.400. The molecule has 4 rings (SSSR count). The zero-order chi connectivity index (χ0) is 17.9. The van der Waals surface area contributed by atoms with Gasteiger partial charge in [-0.05, 0) is 19.1 Å². The number of aryl methyl sites for hydroxylation is 1. The molecular weight excluding hydrogens is 330 g/mol. The van der Waals surface area contributed by atoms with E-state index in [1.54, 1.807) is 12.4 Å². The molecule has 1 unspecified atom stereocenters. The van der Waals surface area contributed by atoms with Gasteiger partial charge in [-0.1, -0.05) is 18.2 Å². The van der Waals surface area contributed by atoms with Gasteiger partial charge in [0.15, 0.2) is 0 Å². The summed E-state index contributed by atoms with van der Waals surface area (Å²) < 4.78 is 11.7. The van der Waals surface area contributed by atoms with Crippen LogP contribution >= 0.6 is 0 Å². The van der Waals surface area contributed by atoms with Crippen molar-refractivity contribution in [3.05, 3.63) is 53.9 Å². The molecule has 1 aromatic heterocycles. The predicted molar refractivity (Wildman–Crippen MR) is 97.4 cm³/mol. The molecule has 2 aliphatic rings. The Morgan fingerprint density at radius 1 is 1.27 bits per heavy atom. The summed E-state index contributed by atoms with van der Waals surface area (Å²) in [6.45, 7) is 3.87. The standard InChI is InChI=1S/C20H23N3O3/c1-14-12-21-9-6-18(14)26-15-7-10-23(11-8-15)20(24)22-17-13-25-19-5-3-2-4-16(17)19/h2-6,9,12,15,17H,7-8,10-11,13H2,1H3,(H,22,24). The first-order valence-electron chi connectivity index (χ1n) is 9.05. The lowest BCUT2D eigenvalue weighted by molar-refractivity contribution is 0.109. The average Bonchev–Trinajstić information content (AvgIpc) is 3.07. The summed E-state index contributed by atoms with van der Waals surface area (Å²) in [5.41, 5.74) is 2.08. The normalized spacial score (nSPS) is 19.6. The molecule has 2 aromatic rings. The number of hydrogen-bond acceptors (Lipinski definition) is 4. The smallest absolute Gasteiger partial charge is 0.318 e. The van der Waals surface area contributed by atoms with E-state index in [0.717, 1.165) is 35.5 Å². The molecule has 6 nitrogen and oxygen atoms in total. The van der Waals surface area contributed by atoms with Crippen molar-refractivity contribution in [3.63, 3.8) is 0 Å². The van der Waals surface area contributed by atoms with Crippen LogP contribution in [0.5, 0.6) is 11.5 Å². The third kappa shape index (κ3) is 3.45. The van der Waals surface area contributed by atoms with E-state index in [9.17, 15) is 4.79 Å². The van der Waals surface area contributed by atoms with Gasteiger partial charge in [-0.2, -0.15) is 0 Å². The third-order valence-corrected chi connectivity index (χ3v) is 4.99. The first-order chi connectivity index (χ1) is 12.7. The molecule has 1 atom stereocenters. The number of benzene rings is 1. The van der Waals surface area contributed by atoms with Crippen LogP contribution in [0.3, 0.4) is 0 Å². The van der Waals surface area contributed by atoms with E-state index in [-0.39, 0.29) is 18.2 Å². The molecule has 0 aliphatic carbocycles. The molecule has 0 radical (unpaired) electrons. The van der Waals surface area contributed by atoms with Crippen molar-refractivity contribution in [2.75, 3.05) is 19.7 Å². The molecule has 136 valence electrons. The molecule has 2 aliphatic heterocycles. The Kier molecular flexibility index (Phi) is 4.65. The van der Waals surface area contributed by atoms with Gasteiger partial charge in [-0.3, -0.25) is 4.98 Å². The van der Waals surface area contributed by atoms with E-state index in [1.165, 1.54) is 0 Å². The minimum absolute atomic E-state index is 0.0335.